The summed E-state index contributed by atoms with van der Waals surface area (Å²) in [5, 5.41) is 15.8. The number of fused-ring (bicyclic) bond motifs is 2. The number of nitrogens with zero attached hydrogens (tertiary/aromatic N) is 2. The molecular formula is C46H50F2N4O4. The van der Waals surface area contributed by atoms with Crippen molar-refractivity contribution < 1.29 is 28.2 Å². The Balaban J connectivity index is 0.831. The molecule has 0 aromatic heterocycles. The molecule has 0 bridgehead atoms. The van der Waals surface area contributed by atoms with Crippen molar-refractivity contribution in [3.05, 3.63) is 119 Å². The van der Waals surface area contributed by atoms with E-state index in [2.05, 4.69) is 75.0 Å². The Morgan fingerprint density at radius 1 is 0.875 bits per heavy atom. The van der Waals surface area contributed by atoms with Gasteiger partial charge >= 0.3 is 0 Å². The molecule has 0 spiro atoms. The summed E-state index contributed by atoms with van der Waals surface area (Å²) in [5.74, 6) is -2.07. The summed E-state index contributed by atoms with van der Waals surface area (Å²) < 4.78 is 37.4. The number of rotatable bonds is 9. The number of carbonyl (C=O) groups is 2. The molecule has 2 amide bonds. The summed E-state index contributed by atoms with van der Waals surface area (Å²) in [7, 11) is 1.75. The maximum Gasteiger partial charge on any atom is 0.263 e. The zero-order valence-electron chi connectivity index (χ0n) is 31.9. The molecule has 56 heavy (non-hydrogen) atoms. The molecule has 4 fully saturated rings. The van der Waals surface area contributed by atoms with E-state index in [1.54, 1.807) is 37.4 Å². The monoisotopic (exact) mass is 760 g/mol. The number of imide groups is 1. The number of amides is 2. The minimum Gasteiger partial charge on any atom is -0.508 e. The van der Waals surface area contributed by atoms with Crippen LogP contribution in [0.15, 0.2) is 91.0 Å². The fourth-order valence-electron chi connectivity index (χ4n) is 10.6. The number of carbonyl (C=O) groups excluding carboxylic acids is 2. The molecule has 3 saturated heterocycles. The molecule has 292 valence electrons. The Morgan fingerprint density at radius 3 is 2.38 bits per heavy atom. The number of benzene rings is 4. The van der Waals surface area contributed by atoms with Crippen LogP contribution >= 0.6 is 0 Å². The summed E-state index contributed by atoms with van der Waals surface area (Å²) in [4.78, 5) is 28.4. The summed E-state index contributed by atoms with van der Waals surface area (Å²) in [6.45, 7) is 3.69. The van der Waals surface area contributed by atoms with Crippen molar-refractivity contribution in [1.29, 1.82) is 0 Å². The average Bonchev–Trinajstić information content (AvgIpc) is 3.72. The number of alkyl halides is 2. The first kappa shape index (κ1) is 36.7. The number of aromatic hydroxyl groups is 1. The van der Waals surface area contributed by atoms with Gasteiger partial charge in [0.15, 0.2) is 0 Å². The Bertz CT molecular complexity index is 2100. The number of phenolic OH excluding ortho intramolecular Hbond substituents is 1. The summed E-state index contributed by atoms with van der Waals surface area (Å²) in [6, 6.07) is 29.8. The SMILES string of the molecule is COc1cc(N2CCC(CN3CCC4(c5ccc(N[C@@H]6CCC(=O)NC6=O)cc5)[C@H](C3)C4(F)F)CC2)ccc1[C@@H]1c2ccc(O)cc2CC[C@@H]1c1ccccc1. The molecular weight excluding hydrogens is 711 g/mol. The van der Waals surface area contributed by atoms with Crippen LogP contribution in [-0.2, 0) is 21.4 Å². The number of likely N-dealkylation sites (tertiary alicyclic amines) is 1. The van der Waals surface area contributed by atoms with E-state index < -0.39 is 23.3 Å². The average molecular weight is 761 g/mol. The standard InChI is InChI=1S/C46H50F2N4O4/c1-56-40-26-34(12-15-38(40)43-36(30-5-3-2-4-6-30)14-7-31-25-35(53)13-16-37(31)43)52-22-19-29(20-23-52)27-51-24-21-45(41(28-51)46(45,47)48)32-8-10-33(11-9-32)49-39-17-18-42(54)50-44(39)55/h2-6,8-13,15-16,25-26,29,36,39,41,43,49,53H,7,14,17-24,27-28H2,1H3,(H,50,54,55)/t36-,39-,41+,43+,45?/m1/s1. The number of methoxy groups -OCH3 is 1. The van der Waals surface area contributed by atoms with Gasteiger partial charge in [0.2, 0.25) is 11.8 Å². The lowest BCUT2D eigenvalue weighted by Gasteiger charge is -2.38. The molecule has 1 saturated carbocycles. The molecule has 10 heteroatoms. The Hall–Kier alpha value is -4.96. The highest BCUT2D eigenvalue weighted by Gasteiger charge is 2.81. The molecule has 0 radical (unpaired) electrons. The van der Waals surface area contributed by atoms with E-state index in [0.29, 0.717) is 48.8 Å². The first-order valence-corrected chi connectivity index (χ1v) is 20.2. The molecule has 4 aromatic rings. The lowest BCUT2D eigenvalue weighted by molar-refractivity contribution is -0.133. The second-order valence-electron chi connectivity index (χ2n) is 16.7. The van der Waals surface area contributed by atoms with Crippen LogP contribution in [-0.4, -0.2) is 73.6 Å². The number of nitrogens with one attached hydrogen (secondary N) is 2. The predicted octanol–water partition coefficient (Wildman–Crippen LogP) is 7.61. The van der Waals surface area contributed by atoms with Crippen molar-refractivity contribution in [1.82, 2.24) is 10.2 Å². The predicted molar refractivity (Wildman–Crippen MR) is 213 cm³/mol. The molecule has 3 N–H and O–H groups in total. The Morgan fingerprint density at radius 2 is 1.64 bits per heavy atom. The molecule has 2 aliphatic carbocycles. The van der Waals surface area contributed by atoms with E-state index >= 15 is 8.78 Å². The zero-order chi connectivity index (χ0) is 38.6. The van der Waals surface area contributed by atoms with Crippen molar-refractivity contribution in [2.75, 3.05) is 50.1 Å². The number of hydrogen-bond donors (Lipinski definition) is 3. The Kier molecular flexibility index (Phi) is 9.51. The molecule has 9 rings (SSSR count). The van der Waals surface area contributed by atoms with Gasteiger partial charge in [0, 0.05) is 61.5 Å². The van der Waals surface area contributed by atoms with Crippen LogP contribution in [0.4, 0.5) is 20.2 Å². The number of halogens is 2. The largest absolute Gasteiger partial charge is 0.508 e. The van der Waals surface area contributed by atoms with Crippen molar-refractivity contribution in [2.24, 2.45) is 11.8 Å². The Labute approximate surface area is 327 Å². The minimum absolute atomic E-state index is 0.0972. The number of hydrogen-bond acceptors (Lipinski definition) is 7. The van der Waals surface area contributed by atoms with Gasteiger partial charge in [0.25, 0.3) is 5.92 Å². The van der Waals surface area contributed by atoms with Crippen molar-refractivity contribution >= 4 is 23.2 Å². The van der Waals surface area contributed by atoms with Gasteiger partial charge in [0.1, 0.15) is 17.5 Å². The zero-order valence-corrected chi connectivity index (χ0v) is 31.9. The fraction of sp³-hybridized carbons (Fsp3) is 0.435. The molecule has 3 aliphatic heterocycles. The number of phenols is 1. The quantitative estimate of drug-likeness (QED) is 0.151. The number of piperidine rings is 3. The van der Waals surface area contributed by atoms with Crippen LogP contribution in [0.25, 0.3) is 0 Å². The van der Waals surface area contributed by atoms with Crippen molar-refractivity contribution in [3.63, 3.8) is 0 Å². The summed E-state index contributed by atoms with van der Waals surface area (Å²) in [5.41, 5.74) is 6.26. The van der Waals surface area contributed by atoms with Gasteiger partial charge in [-0.3, -0.25) is 14.9 Å². The number of ether oxygens (including phenoxy) is 1. The lowest BCUT2D eigenvalue weighted by atomic mass is 9.69. The molecule has 5 atom stereocenters. The second-order valence-corrected chi connectivity index (χ2v) is 16.7. The molecule has 4 aromatic carbocycles. The van der Waals surface area contributed by atoms with Gasteiger partial charge in [-0.2, -0.15) is 0 Å². The normalized spacial score (nSPS) is 27.5. The van der Waals surface area contributed by atoms with Crippen LogP contribution in [0.1, 0.15) is 78.2 Å². The lowest BCUT2D eigenvalue weighted by Crippen LogP contribution is -2.47. The third-order valence-electron chi connectivity index (χ3n) is 13.7. The summed E-state index contributed by atoms with van der Waals surface area (Å²) in [6.07, 6.45) is 5.02. The van der Waals surface area contributed by atoms with E-state index in [0.717, 1.165) is 62.3 Å². The maximum atomic E-state index is 15.6. The van der Waals surface area contributed by atoms with Gasteiger partial charge in [-0.1, -0.05) is 54.6 Å². The summed E-state index contributed by atoms with van der Waals surface area (Å²) >= 11 is 0. The third-order valence-corrected chi connectivity index (χ3v) is 13.7. The van der Waals surface area contributed by atoms with Gasteiger partial charge < -0.3 is 25.0 Å². The van der Waals surface area contributed by atoms with E-state index in [9.17, 15) is 14.7 Å². The topological polar surface area (TPSA) is 94.1 Å². The third kappa shape index (κ3) is 6.49. The van der Waals surface area contributed by atoms with Crippen molar-refractivity contribution in [2.45, 2.75) is 74.2 Å². The van der Waals surface area contributed by atoms with E-state index in [1.165, 1.54) is 16.7 Å². The first-order valence-electron chi connectivity index (χ1n) is 20.2. The highest BCUT2D eigenvalue weighted by molar-refractivity contribution is 6.01. The van der Waals surface area contributed by atoms with Gasteiger partial charge in [-0.15, -0.1) is 0 Å². The highest BCUT2D eigenvalue weighted by Crippen LogP contribution is 2.70. The second kappa shape index (κ2) is 14.5. The van der Waals surface area contributed by atoms with Gasteiger partial charge in [0.05, 0.1) is 18.4 Å². The minimum atomic E-state index is -2.75. The van der Waals surface area contributed by atoms with Crippen molar-refractivity contribution in [3.8, 4) is 11.5 Å². The van der Waals surface area contributed by atoms with Crippen LogP contribution in [0.3, 0.4) is 0 Å². The van der Waals surface area contributed by atoms with Crippen LogP contribution in [0.2, 0.25) is 0 Å². The van der Waals surface area contributed by atoms with E-state index in [1.807, 2.05) is 6.07 Å². The molecule has 3 heterocycles. The fourth-order valence-corrected chi connectivity index (χ4v) is 10.6. The molecule has 5 aliphatic rings. The number of aryl methyl sites for hydroxylation is 1. The molecule has 1 unspecified atom stereocenters. The van der Waals surface area contributed by atoms with E-state index in [-0.39, 0.29) is 30.1 Å². The number of anilines is 2. The first-order chi connectivity index (χ1) is 27.1. The van der Waals surface area contributed by atoms with Gasteiger partial charge in [-0.05, 0) is 109 Å². The smallest absolute Gasteiger partial charge is 0.263 e. The van der Waals surface area contributed by atoms with E-state index in [4.69, 9.17) is 4.74 Å². The van der Waals surface area contributed by atoms with Crippen LogP contribution in [0.5, 0.6) is 11.5 Å². The van der Waals surface area contributed by atoms with Crippen LogP contribution in [0, 0.1) is 11.8 Å². The molecule has 8 nitrogen and oxygen atoms in total. The van der Waals surface area contributed by atoms with Crippen LogP contribution < -0.4 is 20.3 Å². The maximum absolute atomic E-state index is 15.6. The van der Waals surface area contributed by atoms with Gasteiger partial charge in [-0.25, -0.2) is 8.78 Å². The highest BCUT2D eigenvalue weighted by atomic mass is 19.3.